The summed E-state index contributed by atoms with van der Waals surface area (Å²) >= 11 is 5.37. The summed E-state index contributed by atoms with van der Waals surface area (Å²) in [6.45, 7) is 7.24. The Morgan fingerprint density at radius 3 is 2.34 bits per heavy atom. The number of aliphatic hydroxyl groups excluding tert-OH is 1. The largest absolute Gasteiger partial charge is 0.494 e. The Balaban J connectivity index is 0.941. The van der Waals surface area contributed by atoms with Crippen molar-refractivity contribution in [2.24, 2.45) is 5.41 Å². The topological polar surface area (TPSA) is 177 Å². The monoisotopic (exact) mass is 1060 g/mol. The van der Waals surface area contributed by atoms with Gasteiger partial charge in [-0.1, -0.05) is 32.9 Å². The molecule has 0 spiro atoms. The highest BCUT2D eigenvalue weighted by Gasteiger charge is 2.52. The van der Waals surface area contributed by atoms with Crippen LogP contribution in [0.3, 0.4) is 0 Å². The number of nitriles is 1. The molecule has 2 aliphatic heterocycles. The lowest BCUT2D eigenvalue weighted by Crippen LogP contribution is -2.55. The molecule has 5 aromatic rings. The zero-order chi connectivity index (χ0) is 54.2. The quantitative estimate of drug-likeness (QED) is 0.0517. The number of aromatic amines is 1. The zero-order valence-electron chi connectivity index (χ0n) is 40.1. The van der Waals surface area contributed by atoms with Crippen LogP contribution < -0.4 is 19.9 Å². The van der Waals surface area contributed by atoms with Crippen LogP contribution in [0.5, 0.6) is 5.75 Å². The van der Waals surface area contributed by atoms with Crippen molar-refractivity contribution in [2.75, 3.05) is 36.2 Å². The second-order valence-corrected chi connectivity index (χ2v) is 19.4. The van der Waals surface area contributed by atoms with Crippen molar-refractivity contribution in [2.45, 2.75) is 90.0 Å². The Morgan fingerprint density at radius 2 is 1.69 bits per heavy atom. The molecular formula is C50H47F9N8O6S. The molecule has 2 fully saturated rings. The molecule has 0 bridgehead atoms. The third kappa shape index (κ3) is 11.3. The number of benzene rings is 3. The molecular weight excluding hydrogens is 1010 g/mol. The van der Waals surface area contributed by atoms with Crippen LogP contribution in [0.4, 0.5) is 50.9 Å². The Kier molecular flexibility index (Phi) is 15.5. The number of imidazole rings is 1. The Labute approximate surface area is 423 Å². The van der Waals surface area contributed by atoms with Gasteiger partial charge in [0.05, 0.1) is 65.4 Å². The summed E-state index contributed by atoms with van der Waals surface area (Å²) in [5.41, 5.74) is -8.57. The lowest BCUT2D eigenvalue weighted by molar-refractivity contribution is -0.141. The van der Waals surface area contributed by atoms with E-state index < -0.39 is 122 Å². The molecule has 392 valence electrons. The number of H-pyrrole nitrogens is 1. The Bertz CT molecular complexity index is 3030. The van der Waals surface area contributed by atoms with Crippen LogP contribution in [0.25, 0.3) is 22.5 Å². The van der Waals surface area contributed by atoms with E-state index in [1.807, 2.05) is 0 Å². The van der Waals surface area contributed by atoms with E-state index in [4.69, 9.17) is 27.0 Å². The number of carbonyl (C=O) groups excluding carboxylic acids is 3. The number of unbranched alkanes of at least 4 members (excludes halogenated alkanes) is 1. The molecule has 0 aliphatic carbocycles. The number of anilines is 2. The van der Waals surface area contributed by atoms with E-state index in [2.05, 4.69) is 20.3 Å². The highest BCUT2D eigenvalue weighted by Crippen LogP contribution is 2.44. The summed E-state index contributed by atoms with van der Waals surface area (Å²) < 4.78 is 141. The lowest BCUT2D eigenvalue weighted by atomic mass is 9.85. The molecule has 3 atom stereocenters. The van der Waals surface area contributed by atoms with Crippen LogP contribution in [0.1, 0.15) is 82.4 Å². The third-order valence-electron chi connectivity index (χ3n) is 12.3. The minimum atomic E-state index is -5.34. The van der Waals surface area contributed by atoms with Crippen molar-refractivity contribution >= 4 is 46.4 Å². The first-order valence-electron chi connectivity index (χ1n) is 22.8. The summed E-state index contributed by atoms with van der Waals surface area (Å²) in [5, 5.41) is 21.9. The first-order valence-corrected chi connectivity index (χ1v) is 23.2. The molecule has 0 saturated carbocycles. The number of thiocarbonyl (C=S) groups is 1. The number of alkyl halides is 6. The maximum Gasteiger partial charge on any atom is 0.420 e. The van der Waals surface area contributed by atoms with E-state index in [-0.39, 0.29) is 44.0 Å². The van der Waals surface area contributed by atoms with Gasteiger partial charge in [0.25, 0.3) is 5.91 Å². The first-order chi connectivity index (χ1) is 34.6. The number of ether oxygens (including phenoxy) is 2. The van der Waals surface area contributed by atoms with Crippen molar-refractivity contribution in [1.29, 1.82) is 5.26 Å². The smallest absolute Gasteiger partial charge is 0.420 e. The van der Waals surface area contributed by atoms with Gasteiger partial charge in [-0.2, -0.15) is 31.6 Å². The van der Waals surface area contributed by atoms with Gasteiger partial charge in [0.2, 0.25) is 11.8 Å². The van der Waals surface area contributed by atoms with Gasteiger partial charge in [-0.25, -0.2) is 18.2 Å². The van der Waals surface area contributed by atoms with Crippen LogP contribution in [0.2, 0.25) is 0 Å². The zero-order valence-corrected chi connectivity index (χ0v) is 40.9. The van der Waals surface area contributed by atoms with Gasteiger partial charge < -0.3 is 34.7 Å². The average Bonchev–Trinajstić information content (AvgIpc) is 4.01. The van der Waals surface area contributed by atoms with Gasteiger partial charge in [-0.3, -0.25) is 24.3 Å². The summed E-state index contributed by atoms with van der Waals surface area (Å²) in [5.74, 6) is -5.69. The van der Waals surface area contributed by atoms with E-state index in [0.717, 1.165) is 29.3 Å². The number of pyridine rings is 1. The van der Waals surface area contributed by atoms with E-state index in [0.29, 0.717) is 46.6 Å². The van der Waals surface area contributed by atoms with Gasteiger partial charge in [-0.05, 0) is 86.8 Å². The molecule has 3 amide bonds. The number of carbonyl (C=O) groups is 3. The van der Waals surface area contributed by atoms with E-state index >= 15 is 8.78 Å². The fourth-order valence-electron chi connectivity index (χ4n) is 8.65. The number of likely N-dealkylation sites (tertiary alicyclic amines) is 1. The van der Waals surface area contributed by atoms with Gasteiger partial charge in [0.15, 0.2) is 16.7 Å². The number of nitrogens with zero attached hydrogens (tertiary/aromatic N) is 6. The number of nitrogens with one attached hydrogen (secondary N) is 2. The number of β-amino-alcohol motifs (C(OH)–C–C–N with tert-alkyl or cyclic N) is 1. The predicted octanol–water partition coefficient (Wildman–Crippen LogP) is 9.42. The summed E-state index contributed by atoms with van der Waals surface area (Å²) in [7, 11) is 0. The van der Waals surface area contributed by atoms with Crippen molar-refractivity contribution in [3.8, 4) is 34.3 Å². The van der Waals surface area contributed by atoms with Crippen molar-refractivity contribution in [1.82, 2.24) is 25.2 Å². The molecule has 2 aromatic heterocycles. The maximum atomic E-state index is 15.9. The van der Waals surface area contributed by atoms with E-state index in [9.17, 15) is 50.2 Å². The molecule has 3 aromatic carbocycles. The highest BCUT2D eigenvalue weighted by atomic mass is 32.1. The van der Waals surface area contributed by atoms with Crippen LogP contribution in [0.15, 0.2) is 73.1 Å². The first kappa shape index (κ1) is 54.7. The molecule has 3 N–H and O–H groups in total. The van der Waals surface area contributed by atoms with Gasteiger partial charge >= 0.3 is 12.4 Å². The predicted molar refractivity (Wildman–Crippen MR) is 253 cm³/mol. The summed E-state index contributed by atoms with van der Waals surface area (Å²) in [6, 6.07) is 10.3. The fourth-order valence-corrected chi connectivity index (χ4v) is 9.17. The Hall–Kier alpha value is -7.10. The van der Waals surface area contributed by atoms with Gasteiger partial charge in [-0.15, -0.1) is 0 Å². The molecule has 0 radical (unpaired) electrons. The molecule has 2 saturated heterocycles. The number of halogens is 9. The lowest BCUT2D eigenvalue weighted by Gasteiger charge is -2.35. The number of rotatable bonds is 15. The highest BCUT2D eigenvalue weighted by molar-refractivity contribution is 7.81. The molecule has 24 heteroatoms. The van der Waals surface area contributed by atoms with Crippen LogP contribution >= 0.6 is 12.2 Å². The second-order valence-electron chi connectivity index (χ2n) is 19.0. The van der Waals surface area contributed by atoms with Crippen molar-refractivity contribution < 1.29 is 68.5 Å². The second kappa shape index (κ2) is 21.0. The standard InChI is InChI=1S/C50H47F9N8O6S/c1-47(2,3)42(44(70)65-24-30(68)19-37(65)43-62-23-35(63-43)26-9-8-10-28(51)17-26)64-38(69)25-72-15-6-7-16-73-31-12-13-32(33(20-31)49(54,55)56)41-34(52)18-29(22-61-41)67-46(74)66(45(71)48(67,4)5)36-14-11-27(21-60)39(40(36)53)50(57,58)59/h8-14,17-18,20,22-23,30,37,42,68H,6-7,15-16,19,24-25H2,1-5H3,(H,62,63)(H,64,69)/t30-,37+,42-/m1/s1. The van der Waals surface area contributed by atoms with Crippen molar-refractivity contribution in [3.05, 3.63) is 113 Å². The molecule has 4 heterocycles. The number of amides is 3. The van der Waals surface area contributed by atoms with Crippen molar-refractivity contribution in [3.63, 3.8) is 0 Å². The molecule has 2 aliphatic rings. The average molecular weight is 1060 g/mol. The van der Waals surface area contributed by atoms with Crippen LogP contribution in [-0.4, -0.2) is 91.8 Å². The Morgan fingerprint density at radius 1 is 0.973 bits per heavy atom. The summed E-state index contributed by atoms with van der Waals surface area (Å²) in [4.78, 5) is 55.0. The van der Waals surface area contributed by atoms with Gasteiger partial charge in [0.1, 0.15) is 46.8 Å². The SMILES string of the molecule is CC(C)(C)[C@H](NC(=O)COCCCCOc1ccc(-c2ncc(N3C(=S)N(c4ccc(C#N)c(C(F)(F)F)c4F)C(=O)C3(C)C)cc2F)c(C(F)(F)F)c1)C(=O)N1C[C@H](O)C[C@H]1c1ncc(-c2cccc(F)c2)[nH]1. The van der Waals surface area contributed by atoms with Crippen LogP contribution in [-0.2, 0) is 31.5 Å². The minimum Gasteiger partial charge on any atom is -0.494 e. The van der Waals surface area contributed by atoms with E-state index in [1.165, 1.54) is 43.1 Å². The minimum absolute atomic E-state index is 0.0232. The van der Waals surface area contributed by atoms with Gasteiger partial charge in [0, 0.05) is 36.8 Å². The third-order valence-corrected chi connectivity index (χ3v) is 12.6. The van der Waals surface area contributed by atoms with E-state index in [1.54, 1.807) is 32.9 Å². The number of aromatic nitrogens is 3. The molecule has 14 nitrogen and oxygen atoms in total. The number of aliphatic hydroxyl groups is 1. The summed E-state index contributed by atoms with van der Waals surface area (Å²) in [6.07, 6.45) is -8.14. The number of hydrogen-bond acceptors (Lipinski definition) is 10. The molecule has 7 rings (SSSR count). The fraction of sp³-hybridized carbons (Fsp3) is 0.380. The molecule has 74 heavy (non-hydrogen) atoms. The number of hydrogen-bond donors (Lipinski definition) is 3. The molecule has 0 unspecified atom stereocenters. The van der Waals surface area contributed by atoms with Crippen LogP contribution in [0, 0.1) is 34.2 Å². The normalized spacial score (nSPS) is 17.5. The maximum absolute atomic E-state index is 15.9.